The summed E-state index contributed by atoms with van der Waals surface area (Å²) in [7, 11) is 0. The molecule has 0 unspecified atom stereocenters. The molecule has 17 heavy (non-hydrogen) atoms. The Bertz CT molecular complexity index is 424. The van der Waals surface area contributed by atoms with Gasteiger partial charge >= 0.3 is 5.69 Å². The van der Waals surface area contributed by atoms with Crippen LogP contribution in [0.3, 0.4) is 0 Å². The van der Waals surface area contributed by atoms with E-state index in [1.54, 1.807) is 0 Å². The van der Waals surface area contributed by atoms with E-state index in [9.17, 15) is 10.1 Å². The van der Waals surface area contributed by atoms with Crippen molar-refractivity contribution in [2.75, 3.05) is 13.2 Å². The summed E-state index contributed by atoms with van der Waals surface area (Å²) in [5.41, 5.74) is 0.0193. The second kappa shape index (κ2) is 5.66. The molecule has 0 aromatic carbocycles. The van der Waals surface area contributed by atoms with Crippen molar-refractivity contribution >= 4 is 29.1 Å². The molecule has 0 aliphatic carbocycles. The Hall–Kier alpha value is -0.850. The number of hydrogen-bond acceptors (Lipinski definition) is 5. The van der Waals surface area contributed by atoms with Crippen molar-refractivity contribution < 1.29 is 9.66 Å². The lowest BCUT2D eigenvalue weighted by Crippen LogP contribution is -2.17. The number of halogens is 1. The molecule has 1 aromatic rings. The molecule has 1 aromatic heterocycles. The smallest absolute Gasteiger partial charge is 0.301 e. The molecule has 0 bridgehead atoms. The summed E-state index contributed by atoms with van der Waals surface area (Å²) in [4.78, 5) is 14.5. The molecular formula is C10H11ClN2O3S. The maximum atomic E-state index is 10.9. The van der Waals surface area contributed by atoms with Crippen molar-refractivity contribution in [3.05, 3.63) is 27.4 Å². The highest BCUT2D eigenvalue weighted by atomic mass is 35.5. The first-order valence-corrected chi connectivity index (χ1v) is 6.48. The molecule has 0 saturated carbocycles. The lowest BCUT2D eigenvalue weighted by Gasteiger charge is -2.20. The Morgan fingerprint density at radius 1 is 1.47 bits per heavy atom. The van der Waals surface area contributed by atoms with E-state index in [0.717, 1.165) is 12.8 Å². The van der Waals surface area contributed by atoms with E-state index in [1.165, 1.54) is 23.9 Å². The minimum absolute atomic E-state index is 0.0193. The van der Waals surface area contributed by atoms with Gasteiger partial charge in [-0.15, -0.1) is 0 Å². The number of hydrogen-bond donors (Lipinski definition) is 0. The SMILES string of the molecule is O=[N+]([O-])c1ccc(Cl)nc1SC1CCOCC1. The third-order valence-corrected chi connectivity index (χ3v) is 3.99. The van der Waals surface area contributed by atoms with Crippen molar-refractivity contribution in [3.8, 4) is 0 Å². The number of nitro groups is 1. The van der Waals surface area contributed by atoms with Crippen LogP contribution in [0.25, 0.3) is 0 Å². The average molecular weight is 275 g/mol. The van der Waals surface area contributed by atoms with Gasteiger partial charge < -0.3 is 4.74 Å². The van der Waals surface area contributed by atoms with E-state index < -0.39 is 4.92 Å². The molecular weight excluding hydrogens is 264 g/mol. The zero-order chi connectivity index (χ0) is 12.3. The van der Waals surface area contributed by atoms with Gasteiger partial charge in [-0.25, -0.2) is 4.98 Å². The van der Waals surface area contributed by atoms with Crippen LogP contribution in [0.15, 0.2) is 17.2 Å². The fourth-order valence-corrected chi connectivity index (χ4v) is 2.94. The molecule has 92 valence electrons. The third kappa shape index (κ3) is 3.31. The second-order valence-electron chi connectivity index (χ2n) is 3.64. The number of aromatic nitrogens is 1. The number of rotatable bonds is 3. The summed E-state index contributed by atoms with van der Waals surface area (Å²) >= 11 is 7.18. The van der Waals surface area contributed by atoms with E-state index in [1.807, 2.05) is 0 Å². The molecule has 0 spiro atoms. The Labute approximate surface area is 108 Å². The zero-order valence-corrected chi connectivity index (χ0v) is 10.5. The maximum Gasteiger partial charge on any atom is 0.301 e. The summed E-state index contributed by atoms with van der Waals surface area (Å²) in [6, 6.07) is 2.84. The molecule has 2 heterocycles. The number of nitrogens with zero attached hydrogens (tertiary/aromatic N) is 2. The van der Waals surface area contributed by atoms with Crippen molar-refractivity contribution in [2.45, 2.75) is 23.1 Å². The average Bonchev–Trinajstić information content (AvgIpc) is 2.30. The molecule has 1 aliphatic rings. The van der Waals surface area contributed by atoms with Crippen LogP contribution >= 0.6 is 23.4 Å². The van der Waals surface area contributed by atoms with Gasteiger partial charge in [0.15, 0.2) is 5.03 Å². The highest BCUT2D eigenvalue weighted by Crippen LogP contribution is 2.34. The number of ether oxygens (including phenoxy) is 1. The quantitative estimate of drug-likeness (QED) is 0.482. The van der Waals surface area contributed by atoms with Crippen molar-refractivity contribution in [2.24, 2.45) is 0 Å². The predicted octanol–water partition coefficient (Wildman–Crippen LogP) is 2.91. The molecule has 1 saturated heterocycles. The molecule has 2 rings (SSSR count). The van der Waals surface area contributed by atoms with E-state index in [4.69, 9.17) is 16.3 Å². The van der Waals surface area contributed by atoms with Crippen LogP contribution in [0, 0.1) is 10.1 Å². The third-order valence-electron chi connectivity index (χ3n) is 2.45. The fourth-order valence-electron chi connectivity index (χ4n) is 1.59. The Kier molecular flexibility index (Phi) is 4.20. The first kappa shape index (κ1) is 12.6. The molecule has 1 aliphatic heterocycles. The Balaban J connectivity index is 2.17. The molecule has 0 radical (unpaired) electrons. The predicted molar refractivity (Wildman–Crippen MR) is 65.6 cm³/mol. The topological polar surface area (TPSA) is 65.3 Å². The second-order valence-corrected chi connectivity index (χ2v) is 5.32. The van der Waals surface area contributed by atoms with Crippen LogP contribution in [0.2, 0.25) is 5.15 Å². The standard InChI is InChI=1S/C10H11ClN2O3S/c11-9-2-1-8(13(14)15)10(12-9)17-7-3-5-16-6-4-7/h1-2,7H,3-6H2. The van der Waals surface area contributed by atoms with Crippen LogP contribution in [0.5, 0.6) is 0 Å². The molecule has 5 nitrogen and oxygen atoms in total. The number of thioether (sulfide) groups is 1. The molecule has 7 heteroatoms. The monoisotopic (exact) mass is 274 g/mol. The minimum Gasteiger partial charge on any atom is -0.381 e. The van der Waals surface area contributed by atoms with E-state index in [-0.39, 0.29) is 10.8 Å². The largest absolute Gasteiger partial charge is 0.381 e. The van der Waals surface area contributed by atoms with Crippen LogP contribution in [-0.2, 0) is 4.74 Å². The summed E-state index contributed by atoms with van der Waals surface area (Å²) in [5.74, 6) is 0. The summed E-state index contributed by atoms with van der Waals surface area (Å²) in [6.07, 6.45) is 1.77. The molecule has 0 atom stereocenters. The highest BCUT2D eigenvalue weighted by Gasteiger charge is 2.22. The van der Waals surface area contributed by atoms with Gasteiger partial charge in [0, 0.05) is 24.5 Å². The van der Waals surface area contributed by atoms with Gasteiger partial charge in [-0.2, -0.15) is 0 Å². The zero-order valence-electron chi connectivity index (χ0n) is 8.97. The van der Waals surface area contributed by atoms with Gasteiger partial charge in [0.1, 0.15) is 5.15 Å². The van der Waals surface area contributed by atoms with Gasteiger partial charge in [0.2, 0.25) is 0 Å². The van der Waals surface area contributed by atoms with Crippen LogP contribution < -0.4 is 0 Å². The van der Waals surface area contributed by atoms with Gasteiger partial charge in [0.25, 0.3) is 0 Å². The van der Waals surface area contributed by atoms with Gasteiger partial charge in [0.05, 0.1) is 4.92 Å². The van der Waals surface area contributed by atoms with E-state index >= 15 is 0 Å². The summed E-state index contributed by atoms with van der Waals surface area (Å²) < 4.78 is 5.25. The van der Waals surface area contributed by atoms with Crippen molar-refractivity contribution in [1.82, 2.24) is 4.98 Å². The van der Waals surface area contributed by atoms with Gasteiger partial charge in [-0.1, -0.05) is 23.4 Å². The normalized spacial score (nSPS) is 17.0. The van der Waals surface area contributed by atoms with Gasteiger partial charge in [-0.05, 0) is 18.9 Å². The minimum atomic E-state index is -0.426. The van der Waals surface area contributed by atoms with Crippen molar-refractivity contribution in [3.63, 3.8) is 0 Å². The van der Waals surface area contributed by atoms with E-state index in [2.05, 4.69) is 4.98 Å². The molecule has 0 amide bonds. The highest BCUT2D eigenvalue weighted by molar-refractivity contribution is 8.00. The summed E-state index contributed by atoms with van der Waals surface area (Å²) in [6.45, 7) is 1.40. The first-order valence-electron chi connectivity index (χ1n) is 5.22. The Morgan fingerprint density at radius 2 is 2.18 bits per heavy atom. The van der Waals surface area contributed by atoms with Crippen LogP contribution in [0.1, 0.15) is 12.8 Å². The fraction of sp³-hybridized carbons (Fsp3) is 0.500. The summed E-state index contributed by atoms with van der Waals surface area (Å²) in [5, 5.41) is 11.9. The van der Waals surface area contributed by atoms with Crippen LogP contribution in [-0.4, -0.2) is 28.4 Å². The maximum absolute atomic E-state index is 10.9. The Morgan fingerprint density at radius 3 is 2.82 bits per heavy atom. The van der Waals surface area contributed by atoms with Gasteiger partial charge in [-0.3, -0.25) is 10.1 Å². The molecule has 0 N–H and O–H groups in total. The molecule has 1 fully saturated rings. The van der Waals surface area contributed by atoms with Crippen LogP contribution in [0.4, 0.5) is 5.69 Å². The lowest BCUT2D eigenvalue weighted by atomic mass is 10.2. The van der Waals surface area contributed by atoms with E-state index in [0.29, 0.717) is 23.5 Å². The van der Waals surface area contributed by atoms with Crippen molar-refractivity contribution in [1.29, 1.82) is 0 Å². The number of pyridine rings is 1. The first-order chi connectivity index (χ1) is 8.16. The lowest BCUT2D eigenvalue weighted by molar-refractivity contribution is -0.388.